The predicted molar refractivity (Wildman–Crippen MR) is 52.9 cm³/mol. The number of nitrogens with zero attached hydrogens (tertiary/aromatic N) is 1. The third-order valence-corrected chi connectivity index (χ3v) is 2.37. The van der Waals surface area contributed by atoms with E-state index >= 15 is 0 Å². The molecule has 2 heterocycles. The maximum Gasteiger partial charge on any atom is 0.192 e. The van der Waals surface area contributed by atoms with E-state index in [4.69, 9.17) is 26.8 Å². The highest BCUT2D eigenvalue weighted by atomic mass is 35.5. The first kappa shape index (κ1) is 9.71. The van der Waals surface area contributed by atoms with Crippen molar-refractivity contribution in [3.8, 4) is 0 Å². The van der Waals surface area contributed by atoms with Crippen LogP contribution < -0.4 is 5.73 Å². The van der Waals surface area contributed by atoms with E-state index in [-0.39, 0.29) is 0 Å². The standard InChI is InChI=1S/C9H11ClN2O2/c1-9(13-2-3-14-9)6-4-7(10)12-8(11)5-6/h4-5H,2-3H2,1H3,(H2,11,12). The molecule has 4 nitrogen and oxygen atoms in total. The van der Waals surface area contributed by atoms with Gasteiger partial charge in [-0.15, -0.1) is 0 Å². The van der Waals surface area contributed by atoms with E-state index < -0.39 is 5.79 Å². The first-order chi connectivity index (χ1) is 6.60. The average molecular weight is 215 g/mol. The summed E-state index contributed by atoms with van der Waals surface area (Å²) in [5, 5.41) is 0.348. The first-order valence-corrected chi connectivity index (χ1v) is 4.69. The Morgan fingerprint density at radius 2 is 2.07 bits per heavy atom. The lowest BCUT2D eigenvalue weighted by Crippen LogP contribution is -2.22. The number of hydrogen-bond acceptors (Lipinski definition) is 4. The van der Waals surface area contributed by atoms with Gasteiger partial charge in [-0.1, -0.05) is 11.6 Å². The molecule has 2 N–H and O–H groups in total. The molecule has 0 aromatic carbocycles. The van der Waals surface area contributed by atoms with Gasteiger partial charge in [0.2, 0.25) is 0 Å². The fourth-order valence-corrected chi connectivity index (χ4v) is 1.68. The second-order valence-corrected chi connectivity index (χ2v) is 3.63. The molecule has 0 saturated carbocycles. The molecule has 0 bridgehead atoms. The maximum absolute atomic E-state index is 5.79. The predicted octanol–water partition coefficient (Wildman–Crippen LogP) is 1.54. The summed E-state index contributed by atoms with van der Waals surface area (Å²) < 4.78 is 10.9. The molecule has 0 aliphatic carbocycles. The van der Waals surface area contributed by atoms with Crippen molar-refractivity contribution >= 4 is 17.4 Å². The number of aromatic nitrogens is 1. The van der Waals surface area contributed by atoms with E-state index in [0.717, 1.165) is 5.56 Å². The van der Waals surface area contributed by atoms with Gasteiger partial charge in [0.05, 0.1) is 13.2 Å². The highest BCUT2D eigenvalue weighted by molar-refractivity contribution is 6.29. The topological polar surface area (TPSA) is 57.4 Å². The molecule has 76 valence electrons. The number of nitrogen functional groups attached to an aromatic ring is 1. The first-order valence-electron chi connectivity index (χ1n) is 4.32. The lowest BCUT2D eigenvalue weighted by molar-refractivity contribution is -0.149. The largest absolute Gasteiger partial charge is 0.384 e. The monoisotopic (exact) mass is 214 g/mol. The minimum atomic E-state index is -0.735. The summed E-state index contributed by atoms with van der Waals surface area (Å²) in [4.78, 5) is 3.87. The molecule has 0 spiro atoms. The van der Waals surface area contributed by atoms with Gasteiger partial charge in [-0.3, -0.25) is 0 Å². The van der Waals surface area contributed by atoms with E-state index in [1.807, 2.05) is 6.92 Å². The van der Waals surface area contributed by atoms with Gasteiger partial charge in [0.25, 0.3) is 0 Å². The number of nitrogens with two attached hydrogens (primary N) is 1. The highest BCUT2D eigenvalue weighted by Crippen LogP contribution is 2.32. The fourth-order valence-electron chi connectivity index (χ4n) is 1.46. The van der Waals surface area contributed by atoms with Crippen LogP contribution in [0.5, 0.6) is 0 Å². The molecule has 1 aliphatic rings. The Morgan fingerprint density at radius 3 is 2.64 bits per heavy atom. The summed E-state index contributed by atoms with van der Waals surface area (Å²) in [7, 11) is 0. The SMILES string of the molecule is CC1(c2cc(N)nc(Cl)c2)OCCO1. The molecule has 5 heteroatoms. The van der Waals surface area contributed by atoms with Crippen LogP contribution in [0.3, 0.4) is 0 Å². The molecule has 2 rings (SSSR count). The van der Waals surface area contributed by atoms with Gasteiger partial charge >= 0.3 is 0 Å². The molecule has 14 heavy (non-hydrogen) atoms. The molecule has 1 saturated heterocycles. The minimum Gasteiger partial charge on any atom is -0.384 e. The minimum absolute atomic E-state index is 0.348. The summed E-state index contributed by atoms with van der Waals surface area (Å²) in [5.41, 5.74) is 6.38. The number of anilines is 1. The molecular formula is C9H11ClN2O2. The zero-order valence-corrected chi connectivity index (χ0v) is 8.54. The number of halogens is 1. The second kappa shape index (κ2) is 3.38. The lowest BCUT2D eigenvalue weighted by Gasteiger charge is -2.22. The normalized spacial score (nSPS) is 19.9. The Bertz CT molecular complexity index is 330. The zero-order chi connectivity index (χ0) is 10.2. The molecule has 1 aromatic rings. The van der Waals surface area contributed by atoms with Crippen LogP contribution in [0.1, 0.15) is 12.5 Å². The van der Waals surface area contributed by atoms with Crippen LogP contribution >= 0.6 is 11.6 Å². The van der Waals surface area contributed by atoms with E-state index in [9.17, 15) is 0 Å². The Morgan fingerprint density at radius 1 is 1.43 bits per heavy atom. The summed E-state index contributed by atoms with van der Waals surface area (Å²) in [6, 6.07) is 3.40. The summed E-state index contributed by atoms with van der Waals surface area (Å²) >= 11 is 5.79. The van der Waals surface area contributed by atoms with Crippen molar-refractivity contribution in [3.05, 3.63) is 22.8 Å². The van der Waals surface area contributed by atoms with Crippen molar-refractivity contribution in [3.63, 3.8) is 0 Å². The Hall–Kier alpha value is -0.840. The summed E-state index contributed by atoms with van der Waals surface area (Å²) in [6.07, 6.45) is 0. The van der Waals surface area contributed by atoms with Gasteiger partial charge in [0.15, 0.2) is 5.79 Å². The fraction of sp³-hybridized carbons (Fsp3) is 0.444. The molecule has 0 atom stereocenters. The van der Waals surface area contributed by atoms with Gasteiger partial charge in [-0.05, 0) is 19.1 Å². The third-order valence-electron chi connectivity index (χ3n) is 2.18. The van der Waals surface area contributed by atoms with E-state index in [2.05, 4.69) is 4.98 Å². The Labute approximate surface area is 87.0 Å². The second-order valence-electron chi connectivity index (χ2n) is 3.25. The summed E-state index contributed by atoms with van der Waals surface area (Å²) in [6.45, 7) is 3.00. The van der Waals surface area contributed by atoms with Crippen molar-refractivity contribution in [1.82, 2.24) is 4.98 Å². The third kappa shape index (κ3) is 1.68. The van der Waals surface area contributed by atoms with E-state index in [1.54, 1.807) is 12.1 Å². The van der Waals surface area contributed by atoms with Crippen LogP contribution in [0.4, 0.5) is 5.82 Å². The highest BCUT2D eigenvalue weighted by Gasteiger charge is 2.33. The number of hydrogen-bond donors (Lipinski definition) is 1. The van der Waals surface area contributed by atoms with E-state index in [1.165, 1.54) is 0 Å². The molecular weight excluding hydrogens is 204 g/mol. The van der Waals surface area contributed by atoms with Crippen molar-refractivity contribution in [2.24, 2.45) is 0 Å². The molecule has 1 aromatic heterocycles. The average Bonchev–Trinajstić information content (AvgIpc) is 2.52. The van der Waals surface area contributed by atoms with Gasteiger partial charge < -0.3 is 15.2 Å². The number of rotatable bonds is 1. The van der Waals surface area contributed by atoms with Crippen molar-refractivity contribution in [1.29, 1.82) is 0 Å². The molecule has 1 fully saturated rings. The summed E-state index contributed by atoms with van der Waals surface area (Å²) in [5.74, 6) is -0.367. The number of pyridine rings is 1. The van der Waals surface area contributed by atoms with Crippen LogP contribution in [0.2, 0.25) is 5.15 Å². The van der Waals surface area contributed by atoms with Crippen LogP contribution in [-0.4, -0.2) is 18.2 Å². The van der Waals surface area contributed by atoms with Crippen molar-refractivity contribution in [2.75, 3.05) is 18.9 Å². The molecule has 0 unspecified atom stereocenters. The van der Waals surface area contributed by atoms with Gasteiger partial charge in [0, 0.05) is 5.56 Å². The van der Waals surface area contributed by atoms with Crippen molar-refractivity contribution in [2.45, 2.75) is 12.7 Å². The molecule has 0 amide bonds. The van der Waals surface area contributed by atoms with Gasteiger partial charge in [0.1, 0.15) is 11.0 Å². The lowest BCUT2D eigenvalue weighted by atomic mass is 10.1. The van der Waals surface area contributed by atoms with Crippen LogP contribution in [0, 0.1) is 0 Å². The molecule has 0 radical (unpaired) electrons. The van der Waals surface area contributed by atoms with Crippen LogP contribution in [-0.2, 0) is 15.3 Å². The van der Waals surface area contributed by atoms with Gasteiger partial charge in [-0.2, -0.15) is 0 Å². The smallest absolute Gasteiger partial charge is 0.192 e. The zero-order valence-electron chi connectivity index (χ0n) is 7.79. The van der Waals surface area contributed by atoms with Crippen LogP contribution in [0.25, 0.3) is 0 Å². The number of ether oxygens (including phenoxy) is 2. The Balaban J connectivity index is 2.40. The molecule has 1 aliphatic heterocycles. The quantitative estimate of drug-likeness (QED) is 0.721. The van der Waals surface area contributed by atoms with E-state index in [0.29, 0.717) is 24.2 Å². The van der Waals surface area contributed by atoms with Crippen LogP contribution in [0.15, 0.2) is 12.1 Å². The maximum atomic E-state index is 5.79. The van der Waals surface area contributed by atoms with Gasteiger partial charge in [-0.25, -0.2) is 4.98 Å². The van der Waals surface area contributed by atoms with Crippen molar-refractivity contribution < 1.29 is 9.47 Å². The Kier molecular flexibility index (Phi) is 2.34.